The fourth-order valence-electron chi connectivity index (χ4n) is 4.77. The molecule has 0 N–H and O–H groups in total. The van der Waals surface area contributed by atoms with Crippen molar-refractivity contribution in [2.24, 2.45) is 0 Å². The van der Waals surface area contributed by atoms with Gasteiger partial charge in [-0.2, -0.15) is 0 Å². The zero-order valence-corrected chi connectivity index (χ0v) is 24.5. The predicted octanol–water partition coefficient (Wildman–Crippen LogP) is 11.4. The van der Waals surface area contributed by atoms with E-state index in [-0.39, 0.29) is 0 Å². The van der Waals surface area contributed by atoms with Gasteiger partial charge in [-0.3, -0.25) is 0 Å². The Morgan fingerprint density at radius 1 is 0.865 bits per heavy atom. The SMILES string of the molecule is C=C(C)/C=C/c1ccc(/C(C(=C)CC)=C(/CC)c2ccc3c(c2)CCC3)cc1.CC.CC1=C(C)CC=C1. The van der Waals surface area contributed by atoms with Crippen molar-refractivity contribution in [3.63, 3.8) is 0 Å². The molecule has 0 heterocycles. The second kappa shape index (κ2) is 15.2. The highest BCUT2D eigenvalue weighted by Gasteiger charge is 2.16. The monoisotopic (exact) mass is 492 g/mol. The third kappa shape index (κ3) is 8.46. The lowest BCUT2D eigenvalue weighted by atomic mass is 9.86. The van der Waals surface area contributed by atoms with Crippen LogP contribution in [-0.4, -0.2) is 0 Å². The minimum absolute atomic E-state index is 0.959. The molecule has 4 rings (SSSR count). The lowest BCUT2D eigenvalue weighted by Gasteiger charge is -2.18. The Hall–Kier alpha value is -3.12. The maximum Gasteiger partial charge on any atom is -0.0120 e. The molecule has 0 aromatic heterocycles. The third-order valence-corrected chi connectivity index (χ3v) is 7.11. The fourth-order valence-corrected chi connectivity index (χ4v) is 4.77. The molecule has 2 aromatic carbocycles. The van der Waals surface area contributed by atoms with Crippen molar-refractivity contribution < 1.29 is 0 Å². The summed E-state index contributed by atoms with van der Waals surface area (Å²) in [6.07, 6.45) is 15.4. The van der Waals surface area contributed by atoms with Crippen LogP contribution in [0, 0.1) is 0 Å². The van der Waals surface area contributed by atoms with Gasteiger partial charge in [0.25, 0.3) is 0 Å². The summed E-state index contributed by atoms with van der Waals surface area (Å²) in [5, 5.41) is 0. The molecule has 0 radical (unpaired) electrons. The number of benzene rings is 2. The van der Waals surface area contributed by atoms with E-state index in [0.717, 1.165) is 18.4 Å². The Bertz CT molecular complexity index is 1190. The van der Waals surface area contributed by atoms with Crippen LogP contribution in [0.15, 0.2) is 96.1 Å². The third-order valence-electron chi connectivity index (χ3n) is 7.11. The van der Waals surface area contributed by atoms with Gasteiger partial charge in [-0.1, -0.05) is 124 Å². The molecule has 0 atom stereocenters. The van der Waals surface area contributed by atoms with Gasteiger partial charge >= 0.3 is 0 Å². The van der Waals surface area contributed by atoms with Gasteiger partial charge in [0.15, 0.2) is 0 Å². The van der Waals surface area contributed by atoms with Gasteiger partial charge < -0.3 is 0 Å². The molecule has 0 bridgehead atoms. The first kappa shape index (κ1) is 30.1. The Balaban J connectivity index is 0.000000455. The number of allylic oxidation sites excluding steroid dienone is 9. The molecule has 0 saturated carbocycles. The highest BCUT2D eigenvalue weighted by atomic mass is 14.2. The lowest BCUT2D eigenvalue weighted by Crippen LogP contribution is -1.96. The first-order valence-corrected chi connectivity index (χ1v) is 14.1. The summed E-state index contributed by atoms with van der Waals surface area (Å²) in [6, 6.07) is 15.9. The minimum atomic E-state index is 0.959. The van der Waals surface area contributed by atoms with Gasteiger partial charge in [0.05, 0.1) is 0 Å². The molecule has 0 spiro atoms. The number of hydrogen-bond acceptors (Lipinski definition) is 0. The van der Waals surface area contributed by atoms with Crippen LogP contribution < -0.4 is 0 Å². The normalized spacial score (nSPS) is 14.5. The predicted molar refractivity (Wildman–Crippen MR) is 169 cm³/mol. The van der Waals surface area contributed by atoms with E-state index in [0.29, 0.717) is 0 Å². The molecule has 2 aromatic rings. The van der Waals surface area contributed by atoms with E-state index < -0.39 is 0 Å². The van der Waals surface area contributed by atoms with Crippen molar-refractivity contribution in [1.29, 1.82) is 0 Å². The molecule has 0 unspecified atom stereocenters. The standard InChI is InChI=1S/C28H32.C7H10.C2H6/c1-6-21(5)28(24-15-13-22(14-16-24)12-11-20(3)4)27(7-2)26-18-17-23-9-8-10-25(23)19-26;1-6-4-3-5-7(6)2;1-2/h11-19H,3,5-10H2,1-2,4H3;3-4H,5H2,1-2H3;1-2H3/b12-11+,28-27-;;. The maximum absolute atomic E-state index is 4.42. The Morgan fingerprint density at radius 2 is 1.51 bits per heavy atom. The highest BCUT2D eigenvalue weighted by molar-refractivity contribution is 5.98. The van der Waals surface area contributed by atoms with Gasteiger partial charge in [0, 0.05) is 0 Å². The van der Waals surface area contributed by atoms with Gasteiger partial charge in [0.1, 0.15) is 0 Å². The van der Waals surface area contributed by atoms with Crippen LogP contribution in [0.2, 0.25) is 0 Å². The lowest BCUT2D eigenvalue weighted by molar-refractivity contribution is 0.911. The van der Waals surface area contributed by atoms with Crippen LogP contribution in [-0.2, 0) is 12.8 Å². The number of fused-ring (bicyclic) bond motifs is 1. The van der Waals surface area contributed by atoms with E-state index >= 15 is 0 Å². The average molecular weight is 493 g/mol. The van der Waals surface area contributed by atoms with Crippen LogP contribution in [0.1, 0.15) is 102 Å². The summed E-state index contributed by atoms with van der Waals surface area (Å²) >= 11 is 0. The molecule has 2 aliphatic carbocycles. The summed E-state index contributed by atoms with van der Waals surface area (Å²) in [5.41, 5.74) is 14.8. The molecule has 0 fully saturated rings. The highest BCUT2D eigenvalue weighted by Crippen LogP contribution is 2.36. The Labute approximate surface area is 227 Å². The topological polar surface area (TPSA) is 0 Å². The van der Waals surface area contributed by atoms with Gasteiger partial charge in [-0.05, 0) is 104 Å². The molecule has 0 aliphatic heterocycles. The van der Waals surface area contributed by atoms with E-state index in [1.165, 1.54) is 81.4 Å². The first-order valence-electron chi connectivity index (χ1n) is 14.1. The van der Waals surface area contributed by atoms with Crippen molar-refractivity contribution in [2.75, 3.05) is 0 Å². The maximum atomic E-state index is 4.42. The number of aryl methyl sites for hydroxylation is 2. The van der Waals surface area contributed by atoms with E-state index in [2.05, 4.69) is 108 Å². The summed E-state index contributed by atoms with van der Waals surface area (Å²) in [4.78, 5) is 0. The van der Waals surface area contributed by atoms with Gasteiger partial charge in [-0.15, -0.1) is 0 Å². The molecule has 37 heavy (non-hydrogen) atoms. The van der Waals surface area contributed by atoms with Crippen molar-refractivity contribution in [3.05, 3.63) is 124 Å². The quantitative estimate of drug-likeness (QED) is 0.266. The zero-order valence-electron chi connectivity index (χ0n) is 24.5. The number of rotatable bonds is 7. The molecular formula is C37H48. The second-order valence-electron chi connectivity index (χ2n) is 9.87. The molecule has 0 nitrogen and oxygen atoms in total. The van der Waals surface area contributed by atoms with Crippen LogP contribution in [0.3, 0.4) is 0 Å². The molecule has 196 valence electrons. The minimum Gasteiger partial charge on any atom is -0.0961 e. The smallest absolute Gasteiger partial charge is 0.0120 e. The van der Waals surface area contributed by atoms with Crippen LogP contribution in [0.5, 0.6) is 0 Å². The summed E-state index contributed by atoms with van der Waals surface area (Å²) < 4.78 is 0. The van der Waals surface area contributed by atoms with Gasteiger partial charge in [-0.25, -0.2) is 0 Å². The Kier molecular flexibility index (Phi) is 12.4. The zero-order chi connectivity index (χ0) is 27.4. The molecule has 0 heteroatoms. The van der Waals surface area contributed by atoms with Crippen molar-refractivity contribution in [2.45, 2.75) is 87.0 Å². The van der Waals surface area contributed by atoms with Gasteiger partial charge in [0.2, 0.25) is 0 Å². The fraction of sp³-hybridized carbons (Fsp3) is 0.351. The number of hydrogen-bond donors (Lipinski definition) is 0. The molecule has 0 amide bonds. The van der Waals surface area contributed by atoms with E-state index in [1.807, 2.05) is 20.8 Å². The van der Waals surface area contributed by atoms with E-state index in [4.69, 9.17) is 0 Å². The molecule has 2 aliphatic rings. The first-order chi connectivity index (χ1) is 17.8. The van der Waals surface area contributed by atoms with Crippen molar-refractivity contribution >= 4 is 17.2 Å². The van der Waals surface area contributed by atoms with E-state index in [9.17, 15) is 0 Å². The summed E-state index contributed by atoms with van der Waals surface area (Å²) in [7, 11) is 0. The second-order valence-corrected chi connectivity index (χ2v) is 9.87. The summed E-state index contributed by atoms with van der Waals surface area (Å²) in [6.45, 7) is 23.2. The van der Waals surface area contributed by atoms with Crippen LogP contribution >= 0.6 is 0 Å². The van der Waals surface area contributed by atoms with E-state index in [1.54, 1.807) is 0 Å². The van der Waals surface area contributed by atoms with Crippen LogP contribution in [0.25, 0.3) is 17.2 Å². The van der Waals surface area contributed by atoms with Crippen molar-refractivity contribution in [1.82, 2.24) is 0 Å². The Morgan fingerprint density at radius 3 is 2.03 bits per heavy atom. The van der Waals surface area contributed by atoms with Crippen LogP contribution in [0.4, 0.5) is 0 Å². The molecular weight excluding hydrogens is 444 g/mol. The summed E-state index contributed by atoms with van der Waals surface area (Å²) in [5.74, 6) is 0. The van der Waals surface area contributed by atoms with Crippen molar-refractivity contribution in [3.8, 4) is 0 Å². The average Bonchev–Trinajstić information content (AvgIpc) is 3.55. The molecule has 0 saturated heterocycles. The largest absolute Gasteiger partial charge is 0.0961 e.